The number of hydrogen-bond donors (Lipinski definition) is 3. The fourth-order valence-electron chi connectivity index (χ4n) is 2.65. The zero-order valence-corrected chi connectivity index (χ0v) is 12.6. The van der Waals surface area contributed by atoms with Gasteiger partial charge in [0, 0.05) is 35.4 Å². The molecule has 0 saturated carbocycles. The van der Waals surface area contributed by atoms with E-state index >= 15 is 0 Å². The first-order valence-electron chi connectivity index (χ1n) is 7.17. The highest BCUT2D eigenvalue weighted by Gasteiger charge is 2.42. The summed E-state index contributed by atoms with van der Waals surface area (Å²) in [5, 5.41) is 12.4. The molecule has 0 spiro atoms. The molecule has 0 aromatic heterocycles. The van der Waals surface area contributed by atoms with Gasteiger partial charge < -0.3 is 16.0 Å². The Balaban J connectivity index is 1.54. The molecule has 3 N–H and O–H groups in total. The Hall–Kier alpha value is -1.60. The molecule has 8 nitrogen and oxygen atoms in total. The number of unbranched alkanes of at least 4 members (excludes halogenated alkanes) is 1. The number of hydrogen-bond acceptors (Lipinski definition) is 4. The van der Waals surface area contributed by atoms with E-state index in [1.807, 2.05) is 11.8 Å². The Kier molecular flexibility index (Phi) is 6.01. The Morgan fingerprint density at radius 1 is 1.48 bits per heavy atom. The lowest BCUT2D eigenvalue weighted by molar-refractivity contribution is -0.121. The van der Waals surface area contributed by atoms with Crippen LogP contribution in [-0.4, -0.2) is 48.1 Å². The molecule has 3 atom stereocenters. The number of rotatable bonds is 8. The highest BCUT2D eigenvalue weighted by atomic mass is 32.2. The van der Waals surface area contributed by atoms with Gasteiger partial charge in [0.25, 0.3) is 0 Å². The van der Waals surface area contributed by atoms with Crippen LogP contribution in [0, 0.1) is 0 Å². The number of carbonyl (C=O) groups excluding carboxylic acids is 2. The zero-order valence-electron chi connectivity index (χ0n) is 11.7. The molecule has 2 heterocycles. The van der Waals surface area contributed by atoms with Crippen LogP contribution in [-0.2, 0) is 4.79 Å². The van der Waals surface area contributed by atoms with E-state index in [2.05, 4.69) is 26.0 Å². The van der Waals surface area contributed by atoms with E-state index in [0.29, 0.717) is 18.2 Å². The first-order chi connectivity index (χ1) is 10.2. The molecule has 2 aliphatic rings. The van der Waals surface area contributed by atoms with Gasteiger partial charge in [-0.05, 0) is 18.4 Å². The maximum absolute atomic E-state index is 11.5. The normalized spacial score (nSPS) is 26.5. The molecular weight excluding hydrogens is 292 g/mol. The van der Waals surface area contributed by atoms with Gasteiger partial charge in [-0.1, -0.05) is 11.5 Å². The first kappa shape index (κ1) is 15.8. The quantitative estimate of drug-likeness (QED) is 0.205. The monoisotopic (exact) mass is 312 g/mol. The number of azide groups is 1. The third-order valence-corrected chi connectivity index (χ3v) is 5.19. The molecule has 21 heavy (non-hydrogen) atoms. The second-order valence-electron chi connectivity index (χ2n) is 5.17. The molecule has 9 heteroatoms. The lowest BCUT2D eigenvalue weighted by Crippen LogP contribution is -2.36. The molecule has 2 aliphatic heterocycles. The van der Waals surface area contributed by atoms with Crippen molar-refractivity contribution in [2.24, 2.45) is 5.11 Å². The van der Waals surface area contributed by atoms with Crippen LogP contribution in [0.15, 0.2) is 5.11 Å². The highest BCUT2D eigenvalue weighted by molar-refractivity contribution is 8.00. The van der Waals surface area contributed by atoms with Gasteiger partial charge in [-0.25, -0.2) is 4.79 Å². The summed E-state index contributed by atoms with van der Waals surface area (Å²) in [4.78, 5) is 25.4. The van der Waals surface area contributed by atoms with Crippen LogP contribution in [0.4, 0.5) is 4.79 Å². The molecule has 2 saturated heterocycles. The minimum absolute atomic E-state index is 0.00377. The van der Waals surface area contributed by atoms with E-state index in [1.165, 1.54) is 0 Å². The minimum atomic E-state index is -0.0605. The summed E-state index contributed by atoms with van der Waals surface area (Å²) in [5.41, 5.74) is 8.10. The Morgan fingerprint density at radius 3 is 3.14 bits per heavy atom. The number of nitrogens with zero attached hydrogens (tertiary/aromatic N) is 3. The van der Waals surface area contributed by atoms with E-state index in [4.69, 9.17) is 5.53 Å². The van der Waals surface area contributed by atoms with E-state index in [0.717, 1.165) is 25.0 Å². The fourth-order valence-corrected chi connectivity index (χ4v) is 4.20. The summed E-state index contributed by atoms with van der Waals surface area (Å²) in [6.45, 7) is 0.680. The van der Waals surface area contributed by atoms with E-state index in [1.54, 1.807) is 0 Å². The largest absolute Gasteiger partial charge is 0.356 e. The molecule has 0 unspecified atom stereocenters. The van der Waals surface area contributed by atoms with Crippen LogP contribution in [0.25, 0.3) is 10.4 Å². The smallest absolute Gasteiger partial charge is 0.315 e. The number of urea groups is 1. The molecule has 2 fully saturated rings. The second-order valence-corrected chi connectivity index (χ2v) is 6.44. The zero-order chi connectivity index (χ0) is 15.1. The lowest BCUT2D eigenvalue weighted by atomic mass is 10.0. The molecule has 116 valence electrons. The van der Waals surface area contributed by atoms with Crippen LogP contribution in [0.5, 0.6) is 0 Å². The van der Waals surface area contributed by atoms with Gasteiger partial charge in [0.15, 0.2) is 0 Å². The maximum atomic E-state index is 11.5. The summed E-state index contributed by atoms with van der Waals surface area (Å²) < 4.78 is 0. The maximum Gasteiger partial charge on any atom is 0.315 e. The van der Waals surface area contributed by atoms with Crippen molar-refractivity contribution in [3.8, 4) is 0 Å². The van der Waals surface area contributed by atoms with Crippen molar-refractivity contribution in [3.63, 3.8) is 0 Å². The number of nitrogens with one attached hydrogen (secondary N) is 3. The average molecular weight is 312 g/mol. The Bertz CT molecular complexity index is 439. The predicted molar refractivity (Wildman–Crippen MR) is 81.0 cm³/mol. The van der Waals surface area contributed by atoms with Crippen molar-refractivity contribution in [2.75, 3.05) is 18.8 Å². The predicted octanol–water partition coefficient (Wildman–Crippen LogP) is 1.14. The summed E-state index contributed by atoms with van der Waals surface area (Å²) in [7, 11) is 0. The van der Waals surface area contributed by atoms with Gasteiger partial charge >= 0.3 is 6.03 Å². The molecule has 0 radical (unpaired) electrons. The summed E-state index contributed by atoms with van der Waals surface area (Å²) in [6.07, 6.45) is 3.32. The number of thioether (sulfide) groups is 1. The molecule has 0 aromatic rings. The van der Waals surface area contributed by atoms with Crippen molar-refractivity contribution in [1.82, 2.24) is 16.0 Å². The van der Waals surface area contributed by atoms with Crippen molar-refractivity contribution in [2.45, 2.75) is 43.0 Å². The SMILES string of the molecule is [N-]=[N+]=NCCNC(=O)CCCC[C@@H]1SC[C@@H]2NC(=O)N[C@@H]21. The lowest BCUT2D eigenvalue weighted by Gasteiger charge is -2.16. The van der Waals surface area contributed by atoms with E-state index in [-0.39, 0.29) is 30.6 Å². The number of fused-ring (bicyclic) bond motifs is 1. The minimum Gasteiger partial charge on any atom is -0.356 e. The van der Waals surface area contributed by atoms with Crippen LogP contribution in [0.1, 0.15) is 25.7 Å². The molecule has 2 rings (SSSR count). The van der Waals surface area contributed by atoms with Crippen molar-refractivity contribution in [3.05, 3.63) is 10.4 Å². The standard InChI is InChI=1S/C12H20N6O2S/c13-18-15-6-5-14-10(19)4-2-1-3-9-11-8(7-21-9)16-12(20)17-11/h8-9,11H,1-7H2,(H,14,19)(H2,16,17,20)/t8-,9-,11-/m0/s1. The third kappa shape index (κ3) is 4.71. The molecule has 0 aliphatic carbocycles. The van der Waals surface area contributed by atoms with Crippen molar-refractivity contribution < 1.29 is 9.59 Å². The molecule has 3 amide bonds. The molecule has 0 bridgehead atoms. The van der Waals surface area contributed by atoms with Crippen molar-refractivity contribution >= 4 is 23.7 Å². The Morgan fingerprint density at radius 2 is 2.33 bits per heavy atom. The molecular formula is C12H20N6O2S. The second kappa shape index (κ2) is 7.99. The van der Waals surface area contributed by atoms with Crippen molar-refractivity contribution in [1.29, 1.82) is 0 Å². The van der Waals surface area contributed by atoms with Gasteiger partial charge in [-0.15, -0.1) is 0 Å². The first-order valence-corrected chi connectivity index (χ1v) is 8.22. The van der Waals surface area contributed by atoms with Gasteiger partial charge in [-0.3, -0.25) is 4.79 Å². The highest BCUT2D eigenvalue weighted by Crippen LogP contribution is 2.33. The Labute approximate surface area is 127 Å². The van der Waals surface area contributed by atoms with E-state index < -0.39 is 0 Å². The van der Waals surface area contributed by atoms with Crippen LogP contribution >= 0.6 is 11.8 Å². The van der Waals surface area contributed by atoms with Crippen LogP contribution in [0.2, 0.25) is 0 Å². The van der Waals surface area contributed by atoms with Crippen LogP contribution in [0.3, 0.4) is 0 Å². The fraction of sp³-hybridized carbons (Fsp3) is 0.833. The summed E-state index contributed by atoms with van der Waals surface area (Å²) in [5.74, 6) is 0.962. The van der Waals surface area contributed by atoms with Gasteiger partial charge in [0.05, 0.1) is 12.1 Å². The van der Waals surface area contributed by atoms with Gasteiger partial charge in [-0.2, -0.15) is 11.8 Å². The molecule has 0 aromatic carbocycles. The number of amides is 3. The topological polar surface area (TPSA) is 119 Å². The summed E-state index contributed by atoms with van der Waals surface area (Å²) in [6, 6.07) is 0.436. The van der Waals surface area contributed by atoms with Gasteiger partial charge in [0.1, 0.15) is 0 Å². The average Bonchev–Trinajstić information content (AvgIpc) is 2.99. The summed E-state index contributed by atoms with van der Waals surface area (Å²) >= 11 is 1.89. The van der Waals surface area contributed by atoms with Crippen LogP contribution < -0.4 is 16.0 Å². The van der Waals surface area contributed by atoms with E-state index in [9.17, 15) is 9.59 Å². The third-order valence-electron chi connectivity index (χ3n) is 3.68. The number of carbonyl (C=O) groups is 2. The van der Waals surface area contributed by atoms with Gasteiger partial charge in [0.2, 0.25) is 5.91 Å².